The van der Waals surface area contributed by atoms with Crippen LogP contribution in [0.5, 0.6) is 0 Å². The second kappa shape index (κ2) is 5.61. The first-order valence-electron chi connectivity index (χ1n) is 6.27. The minimum atomic E-state index is -0.740. The lowest BCUT2D eigenvalue weighted by Crippen LogP contribution is -2.11. The molecule has 0 unspecified atom stereocenters. The van der Waals surface area contributed by atoms with Crippen molar-refractivity contribution in [1.82, 2.24) is 15.2 Å². The summed E-state index contributed by atoms with van der Waals surface area (Å²) in [7, 11) is 0. The molecule has 1 N–H and O–H groups in total. The maximum absolute atomic E-state index is 11.9. The third kappa shape index (κ3) is 2.94. The fourth-order valence-electron chi connectivity index (χ4n) is 1.80. The van der Waals surface area contributed by atoms with Gasteiger partial charge < -0.3 is 8.83 Å². The number of carbonyl (C=O) groups excluding carboxylic acids is 1. The first-order valence-corrected chi connectivity index (χ1v) is 7.09. The third-order valence-electron chi connectivity index (χ3n) is 2.74. The lowest BCUT2D eigenvalue weighted by atomic mass is 10.4. The van der Waals surface area contributed by atoms with Gasteiger partial charge in [-0.25, -0.2) is 4.98 Å². The normalized spacial score (nSPS) is 10.7. The van der Waals surface area contributed by atoms with Gasteiger partial charge >= 0.3 is 11.9 Å². The van der Waals surface area contributed by atoms with Crippen LogP contribution in [-0.2, 0) is 0 Å². The van der Waals surface area contributed by atoms with Crippen LogP contribution in [0.25, 0.3) is 10.8 Å². The zero-order valence-electron chi connectivity index (χ0n) is 11.9. The molecule has 0 bridgehead atoms. The van der Waals surface area contributed by atoms with Crippen molar-refractivity contribution in [2.24, 2.45) is 0 Å². The van der Waals surface area contributed by atoms with Crippen LogP contribution in [0.3, 0.4) is 0 Å². The van der Waals surface area contributed by atoms with Crippen molar-refractivity contribution >= 4 is 29.1 Å². The molecule has 3 aromatic rings. The van der Waals surface area contributed by atoms with Crippen LogP contribution in [0.1, 0.15) is 21.3 Å². The fraction of sp³-hybridized carbons (Fsp3) is 0.167. The monoisotopic (exact) mass is 335 g/mol. The summed E-state index contributed by atoms with van der Waals surface area (Å²) in [5, 5.41) is 21.2. The van der Waals surface area contributed by atoms with E-state index in [2.05, 4.69) is 20.5 Å². The summed E-state index contributed by atoms with van der Waals surface area (Å²) in [6, 6.07) is 2.12. The van der Waals surface area contributed by atoms with Gasteiger partial charge in [0.1, 0.15) is 9.80 Å². The van der Waals surface area contributed by atoms with E-state index in [0.29, 0.717) is 4.88 Å². The third-order valence-corrected chi connectivity index (χ3v) is 3.80. The molecule has 0 spiro atoms. The van der Waals surface area contributed by atoms with Gasteiger partial charge in [-0.2, -0.15) is 0 Å². The van der Waals surface area contributed by atoms with E-state index in [1.54, 1.807) is 0 Å². The van der Waals surface area contributed by atoms with Crippen LogP contribution in [0.15, 0.2) is 21.0 Å². The fourth-order valence-corrected chi connectivity index (χ4v) is 2.64. The largest absolute Gasteiger partial charge is 0.433 e. The molecule has 0 atom stereocenters. The number of thiazole rings is 1. The molecule has 0 aromatic carbocycles. The van der Waals surface area contributed by atoms with Gasteiger partial charge in [0.15, 0.2) is 5.76 Å². The first-order chi connectivity index (χ1) is 10.9. The van der Waals surface area contributed by atoms with E-state index in [1.165, 1.54) is 17.4 Å². The molecule has 23 heavy (non-hydrogen) atoms. The van der Waals surface area contributed by atoms with Gasteiger partial charge in [0.05, 0.1) is 16.8 Å². The molecule has 0 saturated carbocycles. The van der Waals surface area contributed by atoms with Gasteiger partial charge in [-0.1, -0.05) is 5.10 Å². The summed E-state index contributed by atoms with van der Waals surface area (Å²) in [6.07, 6.45) is 0. The zero-order valence-corrected chi connectivity index (χ0v) is 12.7. The number of nitrogens with one attached hydrogen (secondary N) is 1. The van der Waals surface area contributed by atoms with Crippen LogP contribution in [-0.4, -0.2) is 26.0 Å². The Labute approximate surface area is 132 Å². The number of hydrogen-bond acceptors (Lipinski definition) is 9. The van der Waals surface area contributed by atoms with Gasteiger partial charge in [0, 0.05) is 0 Å². The van der Waals surface area contributed by atoms with E-state index in [0.717, 1.165) is 16.8 Å². The van der Waals surface area contributed by atoms with E-state index < -0.39 is 16.7 Å². The quantitative estimate of drug-likeness (QED) is 0.567. The van der Waals surface area contributed by atoms with Crippen molar-refractivity contribution in [3.05, 3.63) is 38.7 Å². The van der Waals surface area contributed by atoms with Crippen molar-refractivity contribution in [3.8, 4) is 10.8 Å². The lowest BCUT2D eigenvalue weighted by Gasteiger charge is -1.95. The summed E-state index contributed by atoms with van der Waals surface area (Å²) < 4.78 is 10.1. The van der Waals surface area contributed by atoms with Crippen molar-refractivity contribution < 1.29 is 18.6 Å². The highest BCUT2D eigenvalue weighted by Gasteiger charge is 2.20. The number of hydrogen-bond donors (Lipinski definition) is 1. The summed E-state index contributed by atoms with van der Waals surface area (Å²) in [5.74, 6) is -1.27. The predicted molar refractivity (Wildman–Crippen MR) is 78.2 cm³/mol. The first kappa shape index (κ1) is 14.8. The molecule has 3 rings (SSSR count). The molecule has 0 aliphatic heterocycles. The number of aryl methyl sites for hydroxylation is 2. The summed E-state index contributed by atoms with van der Waals surface area (Å²) in [6.45, 7) is 3.66. The number of nitro groups is 1. The molecule has 0 saturated heterocycles. The van der Waals surface area contributed by atoms with Gasteiger partial charge in [-0.05, 0) is 19.9 Å². The van der Waals surface area contributed by atoms with Crippen molar-refractivity contribution in [2.75, 3.05) is 5.32 Å². The Morgan fingerprint density at radius 1 is 1.30 bits per heavy atom. The zero-order chi connectivity index (χ0) is 16.6. The average Bonchev–Trinajstić information content (AvgIpc) is 3.18. The topological polar surface area (TPSA) is 137 Å². The lowest BCUT2D eigenvalue weighted by molar-refractivity contribution is -0.402. The van der Waals surface area contributed by atoms with Gasteiger partial charge in [0.25, 0.3) is 11.8 Å². The molecule has 11 heteroatoms. The number of rotatable bonds is 4. The Hall–Kier alpha value is -3.08. The molecule has 0 aliphatic rings. The van der Waals surface area contributed by atoms with Crippen LogP contribution in [0.2, 0.25) is 0 Å². The second-order valence-corrected chi connectivity index (χ2v) is 5.61. The number of anilines is 1. The molecule has 0 aliphatic carbocycles. The molecule has 3 aromatic heterocycles. The summed E-state index contributed by atoms with van der Waals surface area (Å²) in [4.78, 5) is 26.6. The van der Waals surface area contributed by atoms with E-state index in [-0.39, 0.29) is 17.7 Å². The average molecular weight is 335 g/mol. The Kier molecular flexibility index (Phi) is 3.62. The van der Waals surface area contributed by atoms with Crippen LogP contribution in [0, 0.1) is 24.0 Å². The predicted octanol–water partition coefficient (Wildman–Crippen LogP) is 2.56. The highest BCUT2D eigenvalue weighted by Crippen LogP contribution is 2.29. The van der Waals surface area contributed by atoms with Crippen molar-refractivity contribution in [2.45, 2.75) is 13.8 Å². The van der Waals surface area contributed by atoms with E-state index >= 15 is 0 Å². The van der Waals surface area contributed by atoms with Crippen molar-refractivity contribution in [1.29, 1.82) is 0 Å². The maximum atomic E-state index is 11.9. The number of furan rings is 1. The molecule has 3 heterocycles. The van der Waals surface area contributed by atoms with E-state index in [4.69, 9.17) is 8.83 Å². The van der Waals surface area contributed by atoms with Crippen LogP contribution in [0.4, 0.5) is 11.9 Å². The summed E-state index contributed by atoms with van der Waals surface area (Å²) >= 11 is 1.39. The Bertz CT molecular complexity index is 895. The SMILES string of the molecule is Cc1nc(C)c(-c2nnc(NC(=O)c3ccc([N+](=O)[O-])o3)o2)s1. The number of aromatic nitrogens is 3. The molecular weight excluding hydrogens is 326 g/mol. The number of amides is 1. The van der Waals surface area contributed by atoms with E-state index in [9.17, 15) is 14.9 Å². The van der Waals surface area contributed by atoms with Crippen LogP contribution < -0.4 is 5.32 Å². The van der Waals surface area contributed by atoms with Crippen molar-refractivity contribution in [3.63, 3.8) is 0 Å². The Morgan fingerprint density at radius 2 is 2.09 bits per heavy atom. The molecule has 10 nitrogen and oxygen atoms in total. The molecular formula is C12H9N5O5S. The smallest absolute Gasteiger partial charge is 0.402 e. The van der Waals surface area contributed by atoms with Gasteiger partial charge in [0.2, 0.25) is 0 Å². The molecule has 0 fully saturated rings. The van der Waals surface area contributed by atoms with Gasteiger partial charge in [-0.3, -0.25) is 20.2 Å². The van der Waals surface area contributed by atoms with Crippen LogP contribution >= 0.6 is 11.3 Å². The highest BCUT2D eigenvalue weighted by atomic mass is 32.1. The summed E-state index contributed by atoms with van der Waals surface area (Å²) in [5.41, 5.74) is 0.746. The minimum Gasteiger partial charge on any atom is -0.402 e. The molecule has 1 amide bonds. The Balaban J connectivity index is 1.77. The highest BCUT2D eigenvalue weighted by molar-refractivity contribution is 7.15. The number of nitrogens with zero attached hydrogens (tertiary/aromatic N) is 4. The molecule has 0 radical (unpaired) electrons. The minimum absolute atomic E-state index is 0.144. The maximum Gasteiger partial charge on any atom is 0.433 e. The van der Waals surface area contributed by atoms with Gasteiger partial charge in [-0.15, -0.1) is 16.4 Å². The van der Waals surface area contributed by atoms with E-state index in [1.807, 2.05) is 13.8 Å². The second-order valence-electron chi connectivity index (χ2n) is 4.41. The molecule has 118 valence electrons. The standard InChI is InChI=1S/C12H9N5O5S/c1-5-9(23-6(2)13-5)11-15-16-12(22-11)14-10(18)7-3-4-8(21-7)17(19)20/h3-4H,1-2H3,(H,14,16,18). The number of carbonyl (C=O) groups is 1. The Morgan fingerprint density at radius 3 is 2.70 bits per heavy atom.